The Labute approximate surface area is 140 Å². The van der Waals surface area contributed by atoms with Crippen molar-refractivity contribution in [2.75, 3.05) is 37.0 Å². The third-order valence-electron chi connectivity index (χ3n) is 3.63. The number of hydrogen-bond donors (Lipinski definition) is 3. The number of nitrogens with one attached hydrogen (secondary N) is 3. The van der Waals surface area contributed by atoms with Gasteiger partial charge in [0.2, 0.25) is 0 Å². The highest BCUT2D eigenvalue weighted by Gasteiger charge is 2.29. The standard InChI is InChI=1S/C15H20FN3O4S/c1-19(8-14(20)17-12-4-2-3-11(16)7-12)9-15(21)18-13-5-6-24(22,23)10-13/h2-4,7,13H,5-6,8-10H2,1H3,(H,17,20)(H,18,21)/p+1/t13-/m0/s1. The van der Waals surface area contributed by atoms with Crippen molar-refractivity contribution < 1.29 is 27.3 Å². The fraction of sp³-hybridized carbons (Fsp3) is 0.467. The lowest BCUT2D eigenvalue weighted by Gasteiger charge is -2.15. The van der Waals surface area contributed by atoms with E-state index in [0.29, 0.717) is 17.0 Å². The van der Waals surface area contributed by atoms with Crippen LogP contribution in [0.2, 0.25) is 0 Å². The van der Waals surface area contributed by atoms with Gasteiger partial charge in [-0.3, -0.25) is 9.59 Å². The van der Waals surface area contributed by atoms with Gasteiger partial charge in [0.1, 0.15) is 5.82 Å². The minimum Gasteiger partial charge on any atom is -0.347 e. The van der Waals surface area contributed by atoms with E-state index in [4.69, 9.17) is 0 Å². The number of benzene rings is 1. The minimum atomic E-state index is -3.04. The summed E-state index contributed by atoms with van der Waals surface area (Å²) in [5.74, 6) is -1.02. The van der Waals surface area contributed by atoms with Crippen molar-refractivity contribution in [1.29, 1.82) is 0 Å². The third-order valence-corrected chi connectivity index (χ3v) is 5.40. The number of carbonyl (C=O) groups excluding carboxylic acids is 2. The van der Waals surface area contributed by atoms with Crippen LogP contribution in [0.25, 0.3) is 0 Å². The van der Waals surface area contributed by atoms with Crippen LogP contribution in [0.4, 0.5) is 10.1 Å². The van der Waals surface area contributed by atoms with Gasteiger partial charge in [-0.05, 0) is 24.6 Å². The Morgan fingerprint density at radius 2 is 2.00 bits per heavy atom. The molecule has 1 heterocycles. The molecule has 0 saturated carbocycles. The summed E-state index contributed by atoms with van der Waals surface area (Å²) in [6, 6.07) is 5.20. The van der Waals surface area contributed by atoms with Crippen LogP contribution in [0.3, 0.4) is 0 Å². The van der Waals surface area contributed by atoms with E-state index in [1.165, 1.54) is 18.2 Å². The third kappa shape index (κ3) is 5.89. The van der Waals surface area contributed by atoms with Crippen LogP contribution in [0.1, 0.15) is 6.42 Å². The van der Waals surface area contributed by atoms with Crippen LogP contribution in [-0.4, -0.2) is 57.9 Å². The maximum Gasteiger partial charge on any atom is 0.279 e. The average molecular weight is 358 g/mol. The van der Waals surface area contributed by atoms with Crippen LogP contribution < -0.4 is 15.5 Å². The lowest BCUT2D eigenvalue weighted by molar-refractivity contribution is -0.862. The first kappa shape index (κ1) is 18.3. The molecule has 7 nitrogen and oxygen atoms in total. The molecule has 1 aromatic carbocycles. The molecular formula is C15H21FN3O4S+. The Morgan fingerprint density at radius 1 is 1.29 bits per heavy atom. The summed E-state index contributed by atoms with van der Waals surface area (Å²) in [5, 5.41) is 5.24. The van der Waals surface area contributed by atoms with Crippen LogP contribution in [0, 0.1) is 5.82 Å². The van der Waals surface area contributed by atoms with E-state index in [9.17, 15) is 22.4 Å². The summed E-state index contributed by atoms with van der Waals surface area (Å²) in [7, 11) is -1.37. The van der Waals surface area contributed by atoms with Crippen LogP contribution in [0.15, 0.2) is 24.3 Å². The van der Waals surface area contributed by atoms with E-state index in [2.05, 4.69) is 10.6 Å². The molecule has 2 rings (SSSR count). The number of carbonyl (C=O) groups is 2. The molecule has 9 heteroatoms. The Bertz CT molecular complexity index is 723. The molecule has 0 radical (unpaired) electrons. The zero-order valence-corrected chi connectivity index (χ0v) is 14.2. The van der Waals surface area contributed by atoms with Gasteiger partial charge in [-0.1, -0.05) is 6.07 Å². The molecule has 1 aliphatic rings. The molecule has 1 aliphatic heterocycles. The number of hydrogen-bond acceptors (Lipinski definition) is 4. The molecule has 1 unspecified atom stereocenters. The first-order valence-corrected chi connectivity index (χ1v) is 9.42. The molecule has 1 aromatic rings. The molecule has 0 aromatic heterocycles. The number of quaternary nitrogens is 1. The molecule has 1 saturated heterocycles. The van der Waals surface area contributed by atoms with Gasteiger partial charge in [0.15, 0.2) is 22.9 Å². The number of halogens is 1. The van der Waals surface area contributed by atoms with Gasteiger partial charge in [-0.15, -0.1) is 0 Å². The molecule has 0 bridgehead atoms. The summed E-state index contributed by atoms with van der Waals surface area (Å²) in [6.07, 6.45) is 0.424. The largest absolute Gasteiger partial charge is 0.347 e. The highest BCUT2D eigenvalue weighted by Crippen LogP contribution is 2.10. The Kier molecular flexibility index (Phi) is 5.89. The molecular weight excluding hydrogens is 337 g/mol. The van der Waals surface area contributed by atoms with Crippen molar-refractivity contribution in [3.8, 4) is 0 Å². The van der Waals surface area contributed by atoms with Crippen molar-refractivity contribution in [3.63, 3.8) is 0 Å². The maximum atomic E-state index is 13.0. The fourth-order valence-corrected chi connectivity index (χ4v) is 4.24. The minimum absolute atomic E-state index is 0.0299. The highest BCUT2D eigenvalue weighted by molar-refractivity contribution is 7.91. The number of rotatable bonds is 6. The predicted molar refractivity (Wildman–Crippen MR) is 86.9 cm³/mol. The molecule has 2 atom stereocenters. The molecule has 2 amide bonds. The van der Waals surface area contributed by atoms with Crippen LogP contribution in [0.5, 0.6) is 0 Å². The van der Waals surface area contributed by atoms with Crippen molar-refractivity contribution in [2.45, 2.75) is 12.5 Å². The number of anilines is 1. The summed E-state index contributed by atoms with van der Waals surface area (Å²) < 4.78 is 35.8. The first-order chi connectivity index (χ1) is 11.2. The number of amides is 2. The summed E-state index contributed by atoms with van der Waals surface area (Å²) in [5.41, 5.74) is 0.355. The second-order valence-corrected chi connectivity index (χ2v) is 8.27. The normalized spacial score (nSPS) is 20.3. The lowest BCUT2D eigenvalue weighted by Crippen LogP contribution is -3.11. The zero-order chi connectivity index (χ0) is 17.7. The SMILES string of the molecule is C[NH+](CC(=O)Nc1cccc(F)c1)CC(=O)N[C@H]1CCS(=O)(=O)C1. The lowest BCUT2D eigenvalue weighted by atomic mass is 10.2. The number of sulfone groups is 1. The van der Waals surface area contributed by atoms with E-state index in [-0.39, 0.29) is 42.5 Å². The average Bonchev–Trinajstić information content (AvgIpc) is 2.76. The Morgan fingerprint density at radius 3 is 2.62 bits per heavy atom. The van der Waals surface area contributed by atoms with E-state index < -0.39 is 15.7 Å². The van der Waals surface area contributed by atoms with E-state index >= 15 is 0 Å². The van der Waals surface area contributed by atoms with Crippen LogP contribution in [-0.2, 0) is 19.4 Å². The summed E-state index contributed by atoms with van der Waals surface area (Å²) >= 11 is 0. The Hall–Kier alpha value is -2.00. The number of likely N-dealkylation sites (N-methyl/N-ethyl adjacent to an activating group) is 1. The van der Waals surface area contributed by atoms with Gasteiger partial charge in [-0.25, -0.2) is 12.8 Å². The van der Waals surface area contributed by atoms with Gasteiger partial charge < -0.3 is 15.5 Å². The predicted octanol–water partition coefficient (Wildman–Crippen LogP) is -1.42. The monoisotopic (exact) mass is 358 g/mol. The van der Waals surface area contributed by atoms with E-state index in [1.54, 1.807) is 13.1 Å². The van der Waals surface area contributed by atoms with Gasteiger partial charge in [0.05, 0.1) is 18.6 Å². The van der Waals surface area contributed by atoms with Gasteiger partial charge in [0, 0.05) is 11.7 Å². The second kappa shape index (κ2) is 7.71. The Balaban J connectivity index is 1.75. The van der Waals surface area contributed by atoms with Gasteiger partial charge in [-0.2, -0.15) is 0 Å². The highest BCUT2D eigenvalue weighted by atomic mass is 32.2. The van der Waals surface area contributed by atoms with E-state index in [1.807, 2.05) is 0 Å². The zero-order valence-electron chi connectivity index (χ0n) is 13.3. The van der Waals surface area contributed by atoms with E-state index in [0.717, 1.165) is 0 Å². The summed E-state index contributed by atoms with van der Waals surface area (Å²) in [6.45, 7) is 0.0834. The first-order valence-electron chi connectivity index (χ1n) is 7.60. The second-order valence-electron chi connectivity index (χ2n) is 6.04. The molecule has 3 N–H and O–H groups in total. The maximum absolute atomic E-state index is 13.0. The van der Waals surface area contributed by atoms with Gasteiger partial charge >= 0.3 is 0 Å². The molecule has 1 fully saturated rings. The quantitative estimate of drug-likeness (QED) is 0.582. The van der Waals surface area contributed by atoms with Gasteiger partial charge in [0.25, 0.3) is 11.8 Å². The van der Waals surface area contributed by atoms with Crippen LogP contribution >= 0.6 is 0 Å². The van der Waals surface area contributed by atoms with Crippen molar-refractivity contribution in [1.82, 2.24) is 5.32 Å². The molecule has 132 valence electrons. The topological polar surface area (TPSA) is 96.8 Å². The van der Waals surface area contributed by atoms with Crippen molar-refractivity contribution >= 4 is 27.3 Å². The van der Waals surface area contributed by atoms with Crippen molar-refractivity contribution in [3.05, 3.63) is 30.1 Å². The molecule has 0 spiro atoms. The molecule has 24 heavy (non-hydrogen) atoms. The fourth-order valence-electron chi connectivity index (χ4n) is 2.57. The summed E-state index contributed by atoms with van der Waals surface area (Å²) in [4.78, 5) is 24.4. The molecule has 0 aliphatic carbocycles. The van der Waals surface area contributed by atoms with Crippen molar-refractivity contribution in [2.24, 2.45) is 0 Å². The smallest absolute Gasteiger partial charge is 0.279 e.